The molecule has 3 atom stereocenters. The molecule has 0 heterocycles. The van der Waals surface area contributed by atoms with Gasteiger partial charge < -0.3 is 15.7 Å². The molecule has 0 radical (unpaired) electrons. The molecule has 3 N–H and O–H groups in total. The van der Waals surface area contributed by atoms with E-state index in [9.17, 15) is 23.9 Å². The molecule has 6 nitrogen and oxygen atoms in total. The second kappa shape index (κ2) is 13.7. The molecule has 0 aliphatic heterocycles. The SMILES string of the molecule is C[C@@H](NC(=O)[C@@H](NC(=O)[C@H](C/C=C/c1ccc(-c2ccccc2)c(F)c1)CC(=O)O)C(C)(C)C)c1ccccc1. The van der Waals surface area contributed by atoms with E-state index < -0.39 is 35.7 Å². The smallest absolute Gasteiger partial charge is 0.304 e. The maximum absolute atomic E-state index is 14.7. The lowest BCUT2D eigenvalue weighted by Gasteiger charge is -2.32. The fraction of sp³-hybridized carbons (Fsp3) is 0.303. The molecule has 0 aliphatic rings. The van der Waals surface area contributed by atoms with Crippen molar-refractivity contribution in [2.24, 2.45) is 11.3 Å². The number of amides is 2. The van der Waals surface area contributed by atoms with Crippen LogP contribution in [0.2, 0.25) is 0 Å². The van der Waals surface area contributed by atoms with Gasteiger partial charge in [0.2, 0.25) is 11.8 Å². The Morgan fingerprint density at radius 3 is 2.10 bits per heavy atom. The van der Waals surface area contributed by atoms with Crippen molar-refractivity contribution in [3.8, 4) is 11.1 Å². The van der Waals surface area contributed by atoms with E-state index in [-0.39, 0.29) is 24.2 Å². The molecule has 0 aliphatic carbocycles. The summed E-state index contributed by atoms with van der Waals surface area (Å²) < 4.78 is 14.7. The van der Waals surface area contributed by atoms with Crippen LogP contribution < -0.4 is 10.6 Å². The maximum atomic E-state index is 14.7. The van der Waals surface area contributed by atoms with E-state index in [0.717, 1.165) is 11.1 Å². The van der Waals surface area contributed by atoms with Crippen LogP contribution in [0.3, 0.4) is 0 Å². The van der Waals surface area contributed by atoms with Gasteiger partial charge in [0.15, 0.2) is 0 Å². The van der Waals surface area contributed by atoms with E-state index in [1.807, 2.05) is 88.4 Å². The predicted molar refractivity (Wildman–Crippen MR) is 156 cm³/mol. The highest BCUT2D eigenvalue weighted by atomic mass is 19.1. The molecule has 40 heavy (non-hydrogen) atoms. The van der Waals surface area contributed by atoms with Gasteiger partial charge in [0.25, 0.3) is 0 Å². The monoisotopic (exact) mass is 544 g/mol. The van der Waals surface area contributed by atoms with Crippen LogP contribution in [-0.4, -0.2) is 28.9 Å². The van der Waals surface area contributed by atoms with E-state index in [2.05, 4.69) is 10.6 Å². The highest BCUT2D eigenvalue weighted by Gasteiger charge is 2.35. The van der Waals surface area contributed by atoms with Crippen LogP contribution in [0.5, 0.6) is 0 Å². The van der Waals surface area contributed by atoms with Crippen LogP contribution in [-0.2, 0) is 14.4 Å². The van der Waals surface area contributed by atoms with Crippen molar-refractivity contribution in [2.45, 2.75) is 52.6 Å². The van der Waals surface area contributed by atoms with Crippen LogP contribution in [0.4, 0.5) is 4.39 Å². The quantitative estimate of drug-likeness (QED) is 0.260. The third-order valence-electron chi connectivity index (χ3n) is 6.67. The second-order valence-corrected chi connectivity index (χ2v) is 11.0. The fourth-order valence-electron chi connectivity index (χ4n) is 4.41. The summed E-state index contributed by atoms with van der Waals surface area (Å²) in [6.45, 7) is 7.38. The first-order valence-electron chi connectivity index (χ1n) is 13.3. The average molecular weight is 545 g/mol. The topological polar surface area (TPSA) is 95.5 Å². The average Bonchev–Trinajstić information content (AvgIpc) is 2.91. The molecule has 0 aromatic heterocycles. The Hall–Kier alpha value is -4.26. The third-order valence-corrected chi connectivity index (χ3v) is 6.67. The molecule has 0 bridgehead atoms. The Morgan fingerprint density at radius 1 is 0.900 bits per heavy atom. The minimum Gasteiger partial charge on any atom is -0.481 e. The number of carbonyl (C=O) groups excluding carboxylic acids is 2. The van der Waals surface area contributed by atoms with Crippen molar-refractivity contribution in [1.29, 1.82) is 0 Å². The number of nitrogens with one attached hydrogen (secondary N) is 2. The number of allylic oxidation sites excluding steroid dienone is 1. The zero-order chi connectivity index (χ0) is 29.3. The summed E-state index contributed by atoms with van der Waals surface area (Å²) in [7, 11) is 0. The van der Waals surface area contributed by atoms with Crippen molar-refractivity contribution in [3.63, 3.8) is 0 Å². The van der Waals surface area contributed by atoms with Crippen LogP contribution in [0.15, 0.2) is 84.9 Å². The Bertz CT molecular complexity index is 1330. The van der Waals surface area contributed by atoms with Crippen molar-refractivity contribution < 1.29 is 23.9 Å². The number of rotatable bonds is 11. The van der Waals surface area contributed by atoms with Crippen LogP contribution in [0, 0.1) is 17.2 Å². The van der Waals surface area contributed by atoms with Crippen molar-refractivity contribution in [2.75, 3.05) is 0 Å². The lowest BCUT2D eigenvalue weighted by atomic mass is 9.85. The van der Waals surface area contributed by atoms with E-state index in [1.165, 1.54) is 6.07 Å². The normalized spacial score (nSPS) is 13.8. The molecule has 3 rings (SSSR count). The zero-order valence-corrected chi connectivity index (χ0v) is 23.4. The molecular formula is C33H37FN2O4. The highest BCUT2D eigenvalue weighted by molar-refractivity contribution is 5.90. The highest BCUT2D eigenvalue weighted by Crippen LogP contribution is 2.25. The van der Waals surface area contributed by atoms with E-state index in [0.29, 0.717) is 11.1 Å². The molecule has 0 saturated heterocycles. The Balaban J connectivity index is 1.70. The van der Waals surface area contributed by atoms with Gasteiger partial charge in [-0.05, 0) is 41.5 Å². The lowest BCUT2D eigenvalue weighted by Crippen LogP contribution is -2.55. The molecule has 3 aromatic rings. The predicted octanol–water partition coefficient (Wildman–Crippen LogP) is 6.40. The molecular weight excluding hydrogens is 507 g/mol. The largest absolute Gasteiger partial charge is 0.481 e. The molecule has 7 heteroatoms. The summed E-state index contributed by atoms with van der Waals surface area (Å²) in [6, 6.07) is 22.4. The molecule has 0 unspecified atom stereocenters. The van der Waals surface area contributed by atoms with Crippen LogP contribution >= 0.6 is 0 Å². The summed E-state index contributed by atoms with van der Waals surface area (Å²) in [5.74, 6) is -3.29. The lowest BCUT2D eigenvalue weighted by molar-refractivity contribution is -0.141. The molecule has 0 saturated carbocycles. The maximum Gasteiger partial charge on any atom is 0.304 e. The minimum absolute atomic E-state index is 0.110. The van der Waals surface area contributed by atoms with Crippen molar-refractivity contribution in [1.82, 2.24) is 10.6 Å². The summed E-state index contributed by atoms with van der Waals surface area (Å²) in [6.07, 6.45) is 3.03. The van der Waals surface area contributed by atoms with E-state index in [4.69, 9.17) is 0 Å². The van der Waals surface area contributed by atoms with Gasteiger partial charge in [0.1, 0.15) is 11.9 Å². The van der Waals surface area contributed by atoms with Gasteiger partial charge in [-0.1, -0.05) is 106 Å². The Kier molecular flexibility index (Phi) is 10.4. The molecule has 0 spiro atoms. The summed E-state index contributed by atoms with van der Waals surface area (Å²) >= 11 is 0. The number of carbonyl (C=O) groups is 3. The number of halogens is 1. The summed E-state index contributed by atoms with van der Waals surface area (Å²) in [4.78, 5) is 38.0. The van der Waals surface area contributed by atoms with Gasteiger partial charge in [-0.2, -0.15) is 0 Å². The first-order chi connectivity index (χ1) is 19.0. The van der Waals surface area contributed by atoms with Gasteiger partial charge in [0, 0.05) is 5.56 Å². The molecule has 3 aromatic carbocycles. The number of hydrogen-bond donors (Lipinski definition) is 3. The Morgan fingerprint density at radius 2 is 1.52 bits per heavy atom. The van der Waals surface area contributed by atoms with Gasteiger partial charge in [-0.25, -0.2) is 4.39 Å². The first kappa shape index (κ1) is 30.3. The minimum atomic E-state index is -1.12. The summed E-state index contributed by atoms with van der Waals surface area (Å²) in [5.41, 5.74) is 2.14. The number of aliphatic carboxylic acids is 1. The molecule has 2 amide bonds. The number of hydrogen-bond acceptors (Lipinski definition) is 3. The zero-order valence-electron chi connectivity index (χ0n) is 23.4. The second-order valence-electron chi connectivity index (χ2n) is 11.0. The van der Waals surface area contributed by atoms with Crippen LogP contribution in [0.1, 0.15) is 57.7 Å². The number of carboxylic acids is 1. The van der Waals surface area contributed by atoms with Crippen LogP contribution in [0.25, 0.3) is 17.2 Å². The third kappa shape index (κ3) is 8.63. The summed E-state index contributed by atoms with van der Waals surface area (Å²) in [5, 5.41) is 15.2. The number of carboxylic acid groups (broad SMARTS) is 1. The van der Waals surface area contributed by atoms with Crippen molar-refractivity contribution in [3.05, 3.63) is 102 Å². The van der Waals surface area contributed by atoms with Gasteiger partial charge >= 0.3 is 5.97 Å². The Labute approximate surface area is 235 Å². The van der Waals surface area contributed by atoms with Crippen molar-refractivity contribution >= 4 is 23.9 Å². The van der Waals surface area contributed by atoms with E-state index in [1.54, 1.807) is 24.3 Å². The molecule has 0 fully saturated rings. The standard InChI is InChI=1S/C33H37FN2O4/c1-22(24-13-7-5-8-14-24)35-32(40)30(33(2,3)4)36-31(39)26(21-29(37)38)17-11-12-23-18-19-27(28(34)20-23)25-15-9-6-10-16-25/h5-16,18-20,22,26,30H,17,21H2,1-4H3,(H,35,40)(H,36,39)(H,37,38)/b12-11+/t22-,26-,30-/m1/s1. The van der Waals surface area contributed by atoms with Gasteiger partial charge in [-0.3, -0.25) is 14.4 Å². The van der Waals surface area contributed by atoms with E-state index >= 15 is 0 Å². The number of benzene rings is 3. The van der Waals surface area contributed by atoms with Gasteiger partial charge in [0.05, 0.1) is 18.4 Å². The molecule has 210 valence electrons. The fourth-order valence-corrected chi connectivity index (χ4v) is 4.41. The van der Waals surface area contributed by atoms with Gasteiger partial charge in [-0.15, -0.1) is 0 Å². The first-order valence-corrected chi connectivity index (χ1v) is 13.3.